The van der Waals surface area contributed by atoms with E-state index >= 15 is 0 Å². The molecule has 0 aliphatic carbocycles. The minimum atomic E-state index is -4.27. The first-order valence-electron chi connectivity index (χ1n) is 19.8. The lowest BCUT2D eigenvalue weighted by Gasteiger charge is -2.38. The first kappa shape index (κ1) is 52.0. The number of nitrogens with one attached hydrogen (secondary N) is 1. The summed E-state index contributed by atoms with van der Waals surface area (Å²) in [6.45, 7) is 5.59. The predicted molar refractivity (Wildman–Crippen MR) is 237 cm³/mol. The Labute approximate surface area is 382 Å². The number of halogens is 4. The fourth-order valence-corrected chi connectivity index (χ4v) is 7.69. The first-order chi connectivity index (χ1) is 29.3. The van der Waals surface area contributed by atoms with Gasteiger partial charge >= 0.3 is 24.0 Å². The highest BCUT2D eigenvalue weighted by atomic mass is 35.6. The van der Waals surface area contributed by atoms with E-state index in [2.05, 4.69) is 5.32 Å². The number of hydrogen-bond acceptors (Lipinski definition) is 12. The maximum atomic E-state index is 15.0. The summed E-state index contributed by atoms with van der Waals surface area (Å²) in [5, 5.41) is 8.15. The van der Waals surface area contributed by atoms with Crippen LogP contribution in [0, 0.1) is 0 Å². The van der Waals surface area contributed by atoms with Gasteiger partial charge in [0.15, 0.2) is 0 Å². The van der Waals surface area contributed by atoms with Crippen LogP contribution in [0.1, 0.15) is 74.9 Å². The van der Waals surface area contributed by atoms with Crippen LogP contribution in [0.15, 0.2) is 77.7 Å². The molecular formula is C42H52Cl4N4O11S. The monoisotopic (exact) mass is 960 g/mol. The molecule has 3 N–H and O–H groups in total. The number of aryl methyl sites for hydroxylation is 1. The van der Waals surface area contributed by atoms with Crippen LogP contribution in [0.2, 0.25) is 5.02 Å². The van der Waals surface area contributed by atoms with E-state index in [4.69, 9.17) is 70.5 Å². The fraction of sp³-hybridized carbons (Fsp3) is 0.452. The third-order valence-corrected chi connectivity index (χ3v) is 11.0. The molecular weight excluding hydrogens is 910 g/mol. The van der Waals surface area contributed by atoms with E-state index in [1.807, 2.05) is 30.3 Å². The van der Waals surface area contributed by atoms with Crippen LogP contribution in [0.3, 0.4) is 0 Å². The molecule has 3 aromatic carbocycles. The predicted octanol–water partition coefficient (Wildman–Crippen LogP) is 7.47. The number of nitrogens with zero attached hydrogens (tertiary/aromatic N) is 2. The molecule has 0 radical (unpaired) electrons. The number of amides is 2. The van der Waals surface area contributed by atoms with Gasteiger partial charge in [-0.2, -0.15) is 0 Å². The van der Waals surface area contributed by atoms with Crippen molar-refractivity contribution in [1.29, 1.82) is 0 Å². The van der Waals surface area contributed by atoms with Crippen LogP contribution < -0.4 is 10.5 Å². The van der Waals surface area contributed by atoms with Crippen molar-refractivity contribution in [2.45, 2.75) is 93.2 Å². The number of anilines is 1. The van der Waals surface area contributed by atoms with Crippen molar-refractivity contribution < 1.29 is 51.3 Å². The fourth-order valence-electron chi connectivity index (χ4n) is 6.43. The van der Waals surface area contributed by atoms with Crippen molar-refractivity contribution in [3.05, 3.63) is 94.5 Å². The molecule has 0 aromatic heterocycles. The molecule has 3 aromatic rings. The zero-order valence-corrected chi connectivity index (χ0v) is 38.7. The lowest BCUT2D eigenvalue weighted by molar-refractivity contribution is -0.159. The van der Waals surface area contributed by atoms with Gasteiger partial charge in [0, 0.05) is 13.1 Å². The number of sulfonamides is 1. The van der Waals surface area contributed by atoms with Gasteiger partial charge in [-0.1, -0.05) is 107 Å². The normalized spacial score (nSPS) is 12.9. The van der Waals surface area contributed by atoms with Crippen LogP contribution >= 0.6 is 46.4 Å². The summed E-state index contributed by atoms with van der Waals surface area (Å²) in [4.78, 5) is 71.1. The maximum Gasteiger partial charge on any atom is 0.411 e. The highest BCUT2D eigenvalue weighted by Gasteiger charge is 2.43. The summed E-state index contributed by atoms with van der Waals surface area (Å²) < 4.78 is 43.6. The molecule has 3 atom stereocenters. The molecule has 0 aliphatic heterocycles. The Morgan fingerprint density at radius 3 is 1.89 bits per heavy atom. The van der Waals surface area contributed by atoms with Crippen molar-refractivity contribution in [3.8, 4) is 0 Å². The van der Waals surface area contributed by atoms with Gasteiger partial charge in [-0.15, -0.1) is 0 Å². The number of carbonyl (C=O) groups is 5. The molecule has 340 valence electrons. The summed E-state index contributed by atoms with van der Waals surface area (Å²) in [6, 6.07) is 16.3. The average Bonchev–Trinajstić information content (AvgIpc) is 3.21. The van der Waals surface area contributed by atoms with E-state index in [0.29, 0.717) is 24.8 Å². The Kier molecular flexibility index (Phi) is 21.1. The van der Waals surface area contributed by atoms with Gasteiger partial charge in [-0.25, -0.2) is 32.7 Å². The highest BCUT2D eigenvalue weighted by Crippen LogP contribution is 2.30. The molecule has 0 heterocycles. The Bertz CT molecular complexity index is 2080. The summed E-state index contributed by atoms with van der Waals surface area (Å²) in [6.07, 6.45) is -0.0927. The lowest BCUT2D eigenvalue weighted by atomic mass is 10.0. The van der Waals surface area contributed by atoms with Crippen LogP contribution in [0.25, 0.3) is 0 Å². The summed E-state index contributed by atoms with van der Waals surface area (Å²) in [5.41, 5.74) is 1.56. The molecule has 0 saturated heterocycles. The van der Waals surface area contributed by atoms with Gasteiger partial charge in [-0.05, 0) is 83.1 Å². The molecule has 62 heavy (non-hydrogen) atoms. The first-order valence-corrected chi connectivity index (χ1v) is 22.9. The molecule has 0 fully saturated rings. The van der Waals surface area contributed by atoms with E-state index in [9.17, 15) is 32.4 Å². The average molecular weight is 963 g/mol. The molecule has 0 bridgehead atoms. The molecule has 3 unspecified atom stereocenters. The third kappa shape index (κ3) is 16.1. The van der Waals surface area contributed by atoms with Crippen molar-refractivity contribution in [2.75, 3.05) is 38.3 Å². The number of ether oxygens (including phenoxy) is 4. The largest absolute Gasteiger partial charge is 0.464 e. The van der Waals surface area contributed by atoms with E-state index in [0.717, 1.165) is 16.5 Å². The number of esters is 3. The molecule has 2 amide bonds. The number of alkyl halides is 3. The third-order valence-electron chi connectivity index (χ3n) is 9.30. The number of rotatable bonds is 23. The standard InChI is InChI=1S/C42H52Cl4N4O11S/c1-5-58-38(52)31-24-36(62(47,56)57)32(43)25-33(31)48-23-15-14-20-34(39(53)59-6-2)49(26-30-18-12-9-13-19-30)37(51)28(4)50(41(55)61-27-42(44,45)46)35(40(54)60-7-3)22-21-29-16-10-8-11-17-29/h8-13,16-19,24-25,28,34-35,48H,5-7,14-15,20-23,26-27H2,1-4H3,(H2,47,56,57). The van der Waals surface area contributed by atoms with E-state index < -0.39 is 73.4 Å². The molecule has 0 spiro atoms. The van der Waals surface area contributed by atoms with Gasteiger partial charge in [0.05, 0.1) is 36.1 Å². The van der Waals surface area contributed by atoms with E-state index in [1.165, 1.54) is 17.9 Å². The second kappa shape index (κ2) is 25.1. The summed E-state index contributed by atoms with van der Waals surface area (Å²) in [5.74, 6) is -3.06. The number of nitrogens with two attached hydrogens (primary N) is 1. The lowest BCUT2D eigenvalue weighted by Crippen LogP contribution is -2.58. The number of unbranched alkanes of at least 4 members (excludes halogenated alkanes) is 1. The molecule has 0 aliphatic rings. The minimum Gasteiger partial charge on any atom is -0.464 e. The Morgan fingerprint density at radius 2 is 1.34 bits per heavy atom. The topological polar surface area (TPSA) is 201 Å². The Hall–Kier alpha value is -4.32. The number of primary sulfonamides is 1. The number of hydrogen-bond donors (Lipinski definition) is 2. The van der Waals surface area contributed by atoms with Gasteiger partial charge in [0.2, 0.25) is 19.7 Å². The van der Waals surface area contributed by atoms with Crippen molar-refractivity contribution >= 4 is 92.0 Å². The zero-order valence-electron chi connectivity index (χ0n) is 34.8. The quantitative estimate of drug-likeness (QED) is 0.0412. The maximum absolute atomic E-state index is 15.0. The van der Waals surface area contributed by atoms with Crippen LogP contribution in [0.4, 0.5) is 10.5 Å². The molecule has 3 rings (SSSR count). The van der Waals surface area contributed by atoms with Crippen LogP contribution in [-0.2, 0) is 56.3 Å². The number of carbonyl (C=O) groups excluding carboxylic acids is 5. The molecule has 20 heteroatoms. The van der Waals surface area contributed by atoms with Gasteiger partial charge in [0.25, 0.3) is 0 Å². The van der Waals surface area contributed by atoms with Gasteiger partial charge in [-0.3, -0.25) is 9.69 Å². The Morgan fingerprint density at radius 1 is 0.774 bits per heavy atom. The number of benzene rings is 3. The van der Waals surface area contributed by atoms with Crippen LogP contribution in [-0.4, -0.2) is 103 Å². The molecule has 15 nitrogen and oxygen atoms in total. The van der Waals surface area contributed by atoms with E-state index in [1.54, 1.807) is 51.1 Å². The minimum absolute atomic E-state index is 0.00831. The summed E-state index contributed by atoms with van der Waals surface area (Å²) in [7, 11) is -4.27. The summed E-state index contributed by atoms with van der Waals surface area (Å²) >= 11 is 24.0. The highest BCUT2D eigenvalue weighted by molar-refractivity contribution is 7.89. The second-order valence-electron chi connectivity index (χ2n) is 13.8. The SMILES string of the molecule is CCOC(=O)c1cc(S(N)(=O)=O)c(Cl)cc1NCCCCC(C(=O)OCC)N(Cc1ccccc1)C(=O)C(C)N(C(=O)OCC(Cl)(Cl)Cl)C(CCc1ccccc1)C(=O)OCC. The molecule has 0 saturated carbocycles. The van der Waals surface area contributed by atoms with Crippen molar-refractivity contribution in [2.24, 2.45) is 5.14 Å². The Balaban J connectivity index is 2.01. The second-order valence-corrected chi connectivity index (χ2v) is 18.2. The van der Waals surface area contributed by atoms with Crippen molar-refractivity contribution in [3.63, 3.8) is 0 Å². The van der Waals surface area contributed by atoms with Gasteiger partial charge < -0.3 is 29.2 Å². The zero-order chi connectivity index (χ0) is 46.0. The van der Waals surface area contributed by atoms with Gasteiger partial charge in [0.1, 0.15) is 29.6 Å². The van der Waals surface area contributed by atoms with Crippen LogP contribution in [0.5, 0.6) is 0 Å². The van der Waals surface area contributed by atoms with Crippen molar-refractivity contribution in [1.82, 2.24) is 9.80 Å². The smallest absolute Gasteiger partial charge is 0.411 e. The van der Waals surface area contributed by atoms with E-state index in [-0.39, 0.29) is 62.0 Å².